The van der Waals surface area contributed by atoms with E-state index in [0.717, 1.165) is 99.4 Å². The van der Waals surface area contributed by atoms with E-state index in [2.05, 4.69) is 4.90 Å². The molecule has 0 saturated heterocycles. The molecular formula is C30H45N2O9P. The van der Waals surface area contributed by atoms with Gasteiger partial charge in [0.1, 0.15) is 12.5 Å². The predicted octanol–water partition coefficient (Wildman–Crippen LogP) is 6.03. The second kappa shape index (κ2) is 15.9. The summed E-state index contributed by atoms with van der Waals surface area (Å²) in [7, 11) is 1.34. The van der Waals surface area contributed by atoms with E-state index in [9.17, 15) is 14.2 Å². The van der Waals surface area contributed by atoms with Crippen molar-refractivity contribution in [1.82, 2.24) is 9.47 Å². The predicted molar refractivity (Wildman–Crippen MR) is 157 cm³/mol. The van der Waals surface area contributed by atoms with Crippen molar-refractivity contribution in [3.05, 3.63) is 30.0 Å². The van der Waals surface area contributed by atoms with Crippen LogP contribution in [-0.2, 0) is 50.4 Å². The maximum absolute atomic E-state index is 13.7. The Morgan fingerprint density at radius 1 is 0.881 bits per heavy atom. The molecule has 1 aromatic heterocycles. The SMILES string of the molecule is COc1ccc2c(c1)c(CCN(C)C)cn2COP(=O)(OCOC(=O)C1CCCCC1)OCOC(=O)C1CCCCC1. The molecule has 0 radical (unpaired) electrons. The van der Waals surface area contributed by atoms with Gasteiger partial charge in [-0.25, -0.2) is 13.6 Å². The number of aromatic nitrogens is 1. The highest BCUT2D eigenvalue weighted by Crippen LogP contribution is 2.50. The van der Waals surface area contributed by atoms with Crippen LogP contribution in [0.3, 0.4) is 0 Å². The summed E-state index contributed by atoms with van der Waals surface area (Å²) >= 11 is 0. The summed E-state index contributed by atoms with van der Waals surface area (Å²) in [6, 6.07) is 5.71. The van der Waals surface area contributed by atoms with E-state index in [-0.39, 0.29) is 30.5 Å². The number of hydrogen-bond acceptors (Lipinski definition) is 10. The molecule has 2 fully saturated rings. The van der Waals surface area contributed by atoms with E-state index < -0.39 is 21.4 Å². The number of carbonyl (C=O) groups is 2. The first-order valence-corrected chi connectivity index (χ1v) is 16.4. The van der Waals surface area contributed by atoms with E-state index in [1.54, 1.807) is 11.7 Å². The summed E-state index contributed by atoms with van der Waals surface area (Å²) in [6.45, 7) is -0.530. The third kappa shape index (κ3) is 9.28. The Labute approximate surface area is 248 Å². The minimum absolute atomic E-state index is 0.171. The number of phosphoric acid groups is 1. The Hall–Kier alpha value is -2.43. The van der Waals surface area contributed by atoms with Gasteiger partial charge in [0.25, 0.3) is 0 Å². The fourth-order valence-corrected chi connectivity index (χ4v) is 6.44. The average Bonchev–Trinajstić information content (AvgIpc) is 3.36. The molecule has 0 N–H and O–H groups in total. The van der Waals surface area contributed by atoms with Crippen molar-refractivity contribution in [2.45, 2.75) is 77.4 Å². The molecule has 11 nitrogen and oxygen atoms in total. The first kappa shape index (κ1) is 32.5. The van der Waals surface area contributed by atoms with Crippen molar-refractivity contribution in [2.75, 3.05) is 41.3 Å². The lowest BCUT2D eigenvalue weighted by molar-refractivity contribution is -0.160. The van der Waals surface area contributed by atoms with Crippen LogP contribution in [0.1, 0.15) is 69.8 Å². The highest BCUT2D eigenvalue weighted by atomic mass is 31.2. The summed E-state index contributed by atoms with van der Waals surface area (Å²) in [5, 5.41) is 0.985. The second-order valence-electron chi connectivity index (χ2n) is 11.4. The Bertz CT molecular complexity index is 1180. The van der Waals surface area contributed by atoms with Gasteiger partial charge in [-0.3, -0.25) is 14.1 Å². The minimum Gasteiger partial charge on any atom is -0.497 e. The normalized spacial score (nSPS) is 17.0. The fourth-order valence-electron chi connectivity index (χ4n) is 5.58. The summed E-state index contributed by atoms with van der Waals surface area (Å²) in [6.07, 6.45) is 11.9. The van der Waals surface area contributed by atoms with Gasteiger partial charge in [0.15, 0.2) is 0 Å². The zero-order valence-electron chi connectivity index (χ0n) is 25.1. The number of methoxy groups -OCH3 is 1. The highest BCUT2D eigenvalue weighted by Gasteiger charge is 2.31. The third-order valence-corrected chi connectivity index (χ3v) is 9.33. The number of carbonyl (C=O) groups excluding carboxylic acids is 2. The molecule has 4 rings (SSSR count). The van der Waals surface area contributed by atoms with Crippen molar-refractivity contribution in [1.29, 1.82) is 0 Å². The van der Waals surface area contributed by atoms with Crippen molar-refractivity contribution < 1.29 is 41.9 Å². The number of phosphoric ester groups is 1. The molecule has 0 unspecified atom stereocenters. The smallest absolute Gasteiger partial charge is 0.482 e. The molecule has 234 valence electrons. The van der Waals surface area contributed by atoms with Crippen LogP contribution in [0.25, 0.3) is 10.9 Å². The molecule has 1 heterocycles. The van der Waals surface area contributed by atoms with Crippen molar-refractivity contribution in [3.8, 4) is 5.75 Å². The van der Waals surface area contributed by atoms with Gasteiger partial charge < -0.3 is 23.7 Å². The Morgan fingerprint density at radius 2 is 1.45 bits per heavy atom. The molecule has 0 aliphatic heterocycles. The lowest BCUT2D eigenvalue weighted by atomic mass is 9.89. The van der Waals surface area contributed by atoms with Crippen molar-refractivity contribution in [2.24, 2.45) is 11.8 Å². The quantitative estimate of drug-likeness (QED) is 0.135. The van der Waals surface area contributed by atoms with Crippen LogP contribution in [0, 0.1) is 11.8 Å². The number of ether oxygens (including phenoxy) is 3. The number of likely N-dealkylation sites (N-methyl/N-ethyl adjacent to an activating group) is 1. The zero-order chi connectivity index (χ0) is 30.0. The second-order valence-corrected chi connectivity index (χ2v) is 13.0. The number of benzene rings is 1. The third-order valence-electron chi connectivity index (χ3n) is 8.06. The summed E-state index contributed by atoms with van der Waals surface area (Å²) in [5.41, 5.74) is 1.92. The van der Waals surface area contributed by atoms with E-state index in [1.165, 1.54) is 0 Å². The Morgan fingerprint density at radius 3 is 1.98 bits per heavy atom. The van der Waals surface area contributed by atoms with E-state index >= 15 is 0 Å². The zero-order valence-corrected chi connectivity index (χ0v) is 26.0. The van der Waals surface area contributed by atoms with Crippen LogP contribution in [0.5, 0.6) is 5.75 Å². The van der Waals surface area contributed by atoms with Crippen LogP contribution in [0.4, 0.5) is 0 Å². The van der Waals surface area contributed by atoms with Gasteiger partial charge >= 0.3 is 19.8 Å². The van der Waals surface area contributed by atoms with Crippen LogP contribution >= 0.6 is 7.82 Å². The van der Waals surface area contributed by atoms with Gasteiger partial charge in [-0.05, 0) is 70.0 Å². The Kier molecular flexibility index (Phi) is 12.3. The number of fused-ring (bicyclic) bond motifs is 1. The summed E-state index contributed by atoms with van der Waals surface area (Å²) in [4.78, 5) is 27.1. The molecule has 0 amide bonds. The number of rotatable bonds is 15. The van der Waals surface area contributed by atoms with Gasteiger partial charge in [0.2, 0.25) is 13.6 Å². The van der Waals surface area contributed by atoms with Gasteiger partial charge in [0.05, 0.1) is 24.5 Å². The molecule has 0 spiro atoms. The number of hydrogen-bond donors (Lipinski definition) is 0. The molecule has 0 bridgehead atoms. The highest BCUT2D eigenvalue weighted by molar-refractivity contribution is 7.48. The van der Waals surface area contributed by atoms with Gasteiger partial charge in [-0.1, -0.05) is 38.5 Å². The molecular weight excluding hydrogens is 563 g/mol. The van der Waals surface area contributed by atoms with Gasteiger partial charge in [-0.2, -0.15) is 0 Å². The molecule has 12 heteroatoms. The lowest BCUT2D eigenvalue weighted by Crippen LogP contribution is -2.22. The van der Waals surface area contributed by atoms with E-state index in [1.807, 2.05) is 38.5 Å². The molecule has 1 aromatic carbocycles. The molecule has 2 aliphatic rings. The topological polar surface area (TPSA) is 115 Å². The van der Waals surface area contributed by atoms with Crippen LogP contribution < -0.4 is 4.74 Å². The summed E-state index contributed by atoms with van der Waals surface area (Å²) < 4.78 is 48.0. The fraction of sp³-hybridized carbons (Fsp3) is 0.667. The van der Waals surface area contributed by atoms with Gasteiger partial charge in [0, 0.05) is 18.1 Å². The molecule has 2 aliphatic carbocycles. The molecule has 42 heavy (non-hydrogen) atoms. The Balaban J connectivity index is 1.43. The molecule has 0 atom stereocenters. The number of esters is 2. The molecule has 2 saturated carbocycles. The lowest BCUT2D eigenvalue weighted by Gasteiger charge is -2.22. The first-order valence-electron chi connectivity index (χ1n) is 15.0. The first-order chi connectivity index (χ1) is 20.3. The molecule has 2 aromatic rings. The number of nitrogens with zero attached hydrogens (tertiary/aromatic N) is 2. The van der Waals surface area contributed by atoms with Crippen LogP contribution in [-0.4, -0.2) is 62.7 Å². The average molecular weight is 609 g/mol. The van der Waals surface area contributed by atoms with Crippen LogP contribution in [0.15, 0.2) is 24.4 Å². The summed E-state index contributed by atoms with van der Waals surface area (Å²) in [5.74, 6) is -0.432. The maximum atomic E-state index is 13.7. The van der Waals surface area contributed by atoms with E-state index in [4.69, 9.17) is 27.8 Å². The van der Waals surface area contributed by atoms with Crippen LogP contribution in [0.2, 0.25) is 0 Å². The van der Waals surface area contributed by atoms with Gasteiger partial charge in [-0.15, -0.1) is 0 Å². The monoisotopic (exact) mass is 608 g/mol. The van der Waals surface area contributed by atoms with Crippen molar-refractivity contribution in [3.63, 3.8) is 0 Å². The minimum atomic E-state index is -4.30. The van der Waals surface area contributed by atoms with E-state index in [0.29, 0.717) is 0 Å². The standard InChI is InChI=1S/C30H45N2O9P/c1-31(2)17-16-25-19-32(28-15-14-26(36-3)18-27(25)28)20-39-42(35,40-21-37-29(33)23-10-6-4-7-11-23)41-22-38-30(34)24-12-8-5-9-13-24/h14-15,18-19,23-24H,4-13,16-17,20-22H2,1-3H3. The maximum Gasteiger partial charge on any atom is 0.482 e. The largest absolute Gasteiger partial charge is 0.497 e. The van der Waals surface area contributed by atoms with Crippen molar-refractivity contribution >= 4 is 30.7 Å².